The van der Waals surface area contributed by atoms with Crippen LogP contribution in [0.5, 0.6) is 0 Å². The molecule has 1 amide bonds. The van der Waals surface area contributed by atoms with E-state index in [2.05, 4.69) is 10.5 Å². The van der Waals surface area contributed by atoms with Crippen LogP contribution in [-0.4, -0.2) is 28.3 Å². The van der Waals surface area contributed by atoms with Gasteiger partial charge in [0.05, 0.1) is 11.3 Å². The highest BCUT2D eigenvalue weighted by molar-refractivity contribution is 5.96. The molecule has 5 heteroatoms. The lowest BCUT2D eigenvalue weighted by Gasteiger charge is -2.22. The molecule has 0 unspecified atom stereocenters. The molecule has 2 aromatic rings. The van der Waals surface area contributed by atoms with Gasteiger partial charge < -0.3 is 14.9 Å². The van der Waals surface area contributed by atoms with Crippen molar-refractivity contribution in [1.82, 2.24) is 10.5 Å². The van der Waals surface area contributed by atoms with E-state index in [-0.39, 0.29) is 12.5 Å². The van der Waals surface area contributed by atoms with Crippen molar-refractivity contribution < 1.29 is 14.4 Å². The fourth-order valence-electron chi connectivity index (χ4n) is 2.94. The molecule has 5 nitrogen and oxygen atoms in total. The maximum absolute atomic E-state index is 12.2. The Morgan fingerprint density at radius 3 is 2.48 bits per heavy atom. The van der Waals surface area contributed by atoms with Gasteiger partial charge in [-0.2, -0.15) is 0 Å². The van der Waals surface area contributed by atoms with Gasteiger partial charge in [-0.3, -0.25) is 4.79 Å². The van der Waals surface area contributed by atoms with E-state index >= 15 is 0 Å². The molecule has 2 N–H and O–H groups in total. The summed E-state index contributed by atoms with van der Waals surface area (Å²) in [6.07, 6.45) is 1.12. The minimum absolute atomic E-state index is 0.213. The molecule has 0 saturated heterocycles. The highest BCUT2D eigenvalue weighted by Gasteiger charge is 2.35. The molecular formula is C16H18N2O3. The Labute approximate surface area is 123 Å². The van der Waals surface area contributed by atoms with Gasteiger partial charge in [-0.25, -0.2) is 0 Å². The zero-order valence-electron chi connectivity index (χ0n) is 12.1. The van der Waals surface area contributed by atoms with Crippen LogP contribution in [0.15, 0.2) is 28.8 Å². The second-order valence-electron chi connectivity index (χ2n) is 5.73. The van der Waals surface area contributed by atoms with Gasteiger partial charge in [-0.15, -0.1) is 0 Å². The standard InChI is InChI=1S/C16H18N2O3/c1-10-14(11(2)21-18-10)15(19)17-9-16(20)7-12-5-3-4-6-13(12)8-16/h3-6,20H,7-9H2,1-2H3,(H,17,19). The van der Waals surface area contributed by atoms with Crippen molar-refractivity contribution in [2.75, 3.05) is 6.54 Å². The predicted octanol–water partition coefficient (Wildman–Crippen LogP) is 1.55. The third-order valence-electron chi connectivity index (χ3n) is 4.00. The molecule has 0 radical (unpaired) electrons. The summed E-state index contributed by atoms with van der Waals surface area (Å²) in [7, 11) is 0. The first kappa shape index (κ1) is 13.8. The zero-order valence-corrected chi connectivity index (χ0v) is 12.1. The average molecular weight is 286 g/mol. The zero-order chi connectivity index (χ0) is 15.0. The van der Waals surface area contributed by atoms with Crippen LogP contribution >= 0.6 is 0 Å². The topological polar surface area (TPSA) is 75.4 Å². The number of carbonyl (C=O) groups is 1. The molecule has 0 atom stereocenters. The maximum atomic E-state index is 12.2. The third kappa shape index (κ3) is 2.56. The number of nitrogens with zero attached hydrogens (tertiary/aromatic N) is 1. The molecule has 21 heavy (non-hydrogen) atoms. The Kier molecular flexibility index (Phi) is 3.29. The summed E-state index contributed by atoms with van der Waals surface area (Å²) in [5.74, 6) is 0.238. The average Bonchev–Trinajstić information content (AvgIpc) is 2.96. The minimum Gasteiger partial charge on any atom is -0.387 e. The summed E-state index contributed by atoms with van der Waals surface area (Å²) in [4.78, 5) is 12.2. The molecule has 1 aliphatic carbocycles. The van der Waals surface area contributed by atoms with Crippen molar-refractivity contribution in [3.05, 3.63) is 52.4 Å². The second-order valence-corrected chi connectivity index (χ2v) is 5.73. The van der Waals surface area contributed by atoms with Crippen LogP contribution in [0.4, 0.5) is 0 Å². The molecule has 110 valence electrons. The first-order valence-corrected chi connectivity index (χ1v) is 6.99. The van der Waals surface area contributed by atoms with E-state index in [1.54, 1.807) is 13.8 Å². The lowest BCUT2D eigenvalue weighted by Crippen LogP contribution is -2.43. The number of amides is 1. The Morgan fingerprint density at radius 1 is 1.33 bits per heavy atom. The fraction of sp³-hybridized carbons (Fsp3) is 0.375. The molecule has 0 bridgehead atoms. The highest BCUT2D eigenvalue weighted by Crippen LogP contribution is 2.29. The van der Waals surface area contributed by atoms with Gasteiger partial charge in [0.15, 0.2) is 0 Å². The van der Waals surface area contributed by atoms with E-state index in [0.29, 0.717) is 29.9 Å². The number of aromatic nitrogens is 1. The van der Waals surface area contributed by atoms with E-state index in [9.17, 15) is 9.90 Å². The number of benzene rings is 1. The Hall–Kier alpha value is -2.14. The lowest BCUT2D eigenvalue weighted by molar-refractivity contribution is 0.0479. The van der Waals surface area contributed by atoms with Crippen molar-refractivity contribution in [2.24, 2.45) is 0 Å². The lowest BCUT2D eigenvalue weighted by atomic mass is 10.0. The predicted molar refractivity (Wildman–Crippen MR) is 77.1 cm³/mol. The van der Waals surface area contributed by atoms with Crippen LogP contribution < -0.4 is 5.32 Å². The highest BCUT2D eigenvalue weighted by atomic mass is 16.5. The fourth-order valence-corrected chi connectivity index (χ4v) is 2.94. The van der Waals surface area contributed by atoms with Crippen LogP contribution in [0, 0.1) is 13.8 Å². The third-order valence-corrected chi connectivity index (χ3v) is 4.00. The Bertz CT molecular complexity index is 646. The molecule has 0 fully saturated rings. The van der Waals surface area contributed by atoms with Crippen LogP contribution in [0.2, 0.25) is 0 Å². The van der Waals surface area contributed by atoms with Gasteiger partial charge in [0.25, 0.3) is 5.91 Å². The summed E-state index contributed by atoms with van der Waals surface area (Å²) >= 11 is 0. The summed E-state index contributed by atoms with van der Waals surface area (Å²) in [5, 5.41) is 17.2. The van der Waals surface area contributed by atoms with Gasteiger partial charge in [0.1, 0.15) is 11.3 Å². The number of fused-ring (bicyclic) bond motifs is 1. The number of hydrogen-bond acceptors (Lipinski definition) is 4. The summed E-state index contributed by atoms with van der Waals surface area (Å²) in [5.41, 5.74) is 2.39. The van der Waals surface area contributed by atoms with Crippen LogP contribution in [0.3, 0.4) is 0 Å². The molecule has 0 spiro atoms. The summed E-state index contributed by atoms with van der Waals surface area (Å²) in [6, 6.07) is 7.97. The molecular weight excluding hydrogens is 268 g/mol. The Morgan fingerprint density at radius 2 is 1.95 bits per heavy atom. The van der Waals surface area contributed by atoms with Gasteiger partial charge in [-0.05, 0) is 25.0 Å². The molecule has 3 rings (SSSR count). The molecule has 1 aromatic heterocycles. The number of carbonyl (C=O) groups excluding carboxylic acids is 1. The maximum Gasteiger partial charge on any atom is 0.256 e. The van der Waals surface area contributed by atoms with E-state index in [4.69, 9.17) is 4.52 Å². The molecule has 1 aliphatic rings. The molecule has 1 aromatic carbocycles. The largest absolute Gasteiger partial charge is 0.387 e. The molecule has 0 saturated carbocycles. The van der Waals surface area contributed by atoms with Gasteiger partial charge in [0, 0.05) is 19.4 Å². The van der Waals surface area contributed by atoms with Crippen molar-refractivity contribution in [2.45, 2.75) is 32.3 Å². The second kappa shape index (κ2) is 5.00. The Balaban J connectivity index is 1.68. The minimum atomic E-state index is -0.918. The van der Waals surface area contributed by atoms with E-state index in [0.717, 1.165) is 11.1 Å². The number of aryl methyl sites for hydroxylation is 2. The first-order valence-electron chi connectivity index (χ1n) is 6.99. The SMILES string of the molecule is Cc1noc(C)c1C(=O)NCC1(O)Cc2ccccc2C1. The van der Waals surface area contributed by atoms with E-state index in [1.165, 1.54) is 0 Å². The smallest absolute Gasteiger partial charge is 0.256 e. The quantitative estimate of drug-likeness (QED) is 0.897. The van der Waals surface area contributed by atoms with Crippen molar-refractivity contribution in [3.8, 4) is 0 Å². The van der Waals surface area contributed by atoms with Gasteiger partial charge >= 0.3 is 0 Å². The summed E-state index contributed by atoms with van der Waals surface area (Å²) < 4.78 is 4.99. The van der Waals surface area contributed by atoms with Crippen molar-refractivity contribution >= 4 is 5.91 Å². The van der Waals surface area contributed by atoms with Crippen LogP contribution in [0.1, 0.15) is 32.9 Å². The number of aliphatic hydroxyl groups is 1. The van der Waals surface area contributed by atoms with Gasteiger partial charge in [-0.1, -0.05) is 29.4 Å². The number of hydrogen-bond donors (Lipinski definition) is 2. The molecule has 0 aliphatic heterocycles. The van der Waals surface area contributed by atoms with Crippen molar-refractivity contribution in [3.63, 3.8) is 0 Å². The van der Waals surface area contributed by atoms with E-state index < -0.39 is 5.60 Å². The summed E-state index contributed by atoms with van der Waals surface area (Å²) in [6.45, 7) is 3.64. The molecule has 1 heterocycles. The van der Waals surface area contributed by atoms with Crippen LogP contribution in [-0.2, 0) is 12.8 Å². The number of rotatable bonds is 3. The number of nitrogens with one attached hydrogen (secondary N) is 1. The first-order chi connectivity index (χ1) is 9.98. The monoisotopic (exact) mass is 286 g/mol. The normalized spacial score (nSPS) is 15.8. The van der Waals surface area contributed by atoms with E-state index in [1.807, 2.05) is 24.3 Å². The van der Waals surface area contributed by atoms with Crippen molar-refractivity contribution in [1.29, 1.82) is 0 Å². The van der Waals surface area contributed by atoms with Gasteiger partial charge in [0.2, 0.25) is 0 Å². The van der Waals surface area contributed by atoms with Crippen LogP contribution in [0.25, 0.3) is 0 Å².